The average molecular weight is 175 g/mol. The SMILES string of the molecule is C/C(=C\c1ccccc1)C[C@H](C)N. The summed E-state index contributed by atoms with van der Waals surface area (Å²) in [5.41, 5.74) is 8.29. The van der Waals surface area contributed by atoms with E-state index < -0.39 is 0 Å². The first-order chi connectivity index (χ1) is 6.18. The van der Waals surface area contributed by atoms with Crippen LogP contribution in [0.25, 0.3) is 6.08 Å². The maximum absolute atomic E-state index is 5.71. The molecule has 0 heterocycles. The third-order valence-corrected chi connectivity index (χ3v) is 1.86. The van der Waals surface area contributed by atoms with Gasteiger partial charge in [0.1, 0.15) is 0 Å². The first kappa shape index (κ1) is 10.0. The lowest BCUT2D eigenvalue weighted by atomic mass is 10.1. The van der Waals surface area contributed by atoms with Gasteiger partial charge < -0.3 is 5.73 Å². The third kappa shape index (κ3) is 3.90. The van der Waals surface area contributed by atoms with Gasteiger partial charge in [0.2, 0.25) is 0 Å². The van der Waals surface area contributed by atoms with Gasteiger partial charge in [-0.1, -0.05) is 42.0 Å². The highest BCUT2D eigenvalue weighted by Gasteiger charge is 1.95. The second-order valence-electron chi connectivity index (χ2n) is 3.58. The molecule has 13 heavy (non-hydrogen) atoms. The number of hydrogen-bond donors (Lipinski definition) is 1. The molecule has 1 atom stereocenters. The minimum Gasteiger partial charge on any atom is -0.328 e. The molecule has 1 heteroatoms. The van der Waals surface area contributed by atoms with Crippen LogP contribution in [0.1, 0.15) is 25.8 Å². The third-order valence-electron chi connectivity index (χ3n) is 1.86. The van der Waals surface area contributed by atoms with Gasteiger partial charge in [0.25, 0.3) is 0 Å². The smallest absolute Gasteiger partial charge is 0.00476 e. The van der Waals surface area contributed by atoms with Crippen molar-refractivity contribution < 1.29 is 0 Å². The molecule has 0 saturated carbocycles. The highest BCUT2D eigenvalue weighted by molar-refractivity contribution is 5.52. The van der Waals surface area contributed by atoms with Gasteiger partial charge in [-0.3, -0.25) is 0 Å². The van der Waals surface area contributed by atoms with E-state index in [-0.39, 0.29) is 6.04 Å². The van der Waals surface area contributed by atoms with Crippen molar-refractivity contribution in [2.45, 2.75) is 26.3 Å². The van der Waals surface area contributed by atoms with E-state index in [1.165, 1.54) is 11.1 Å². The number of benzene rings is 1. The van der Waals surface area contributed by atoms with E-state index in [1.54, 1.807) is 0 Å². The summed E-state index contributed by atoms with van der Waals surface area (Å²) in [6.07, 6.45) is 3.15. The van der Waals surface area contributed by atoms with Gasteiger partial charge in [0, 0.05) is 6.04 Å². The molecule has 2 N–H and O–H groups in total. The lowest BCUT2D eigenvalue weighted by Crippen LogP contribution is -2.14. The molecular weight excluding hydrogens is 158 g/mol. The summed E-state index contributed by atoms with van der Waals surface area (Å²) < 4.78 is 0. The molecule has 1 nitrogen and oxygen atoms in total. The fourth-order valence-electron chi connectivity index (χ4n) is 1.40. The van der Waals surface area contributed by atoms with Crippen molar-refractivity contribution in [2.75, 3.05) is 0 Å². The van der Waals surface area contributed by atoms with Gasteiger partial charge in [0.15, 0.2) is 0 Å². The van der Waals surface area contributed by atoms with Gasteiger partial charge in [-0.25, -0.2) is 0 Å². The van der Waals surface area contributed by atoms with E-state index in [1.807, 2.05) is 25.1 Å². The Bertz CT molecular complexity index is 272. The number of hydrogen-bond acceptors (Lipinski definition) is 1. The normalized spacial score (nSPS) is 14.2. The quantitative estimate of drug-likeness (QED) is 0.751. The molecule has 0 amide bonds. The molecular formula is C12H17N. The predicted molar refractivity (Wildman–Crippen MR) is 58.4 cm³/mol. The largest absolute Gasteiger partial charge is 0.328 e. The van der Waals surface area contributed by atoms with Crippen molar-refractivity contribution >= 4 is 6.08 Å². The summed E-state index contributed by atoms with van der Waals surface area (Å²) in [6.45, 7) is 4.15. The van der Waals surface area contributed by atoms with Crippen LogP contribution in [0, 0.1) is 0 Å². The summed E-state index contributed by atoms with van der Waals surface area (Å²) >= 11 is 0. The predicted octanol–water partition coefficient (Wildman–Crippen LogP) is 2.83. The standard InChI is InChI=1S/C12H17N/c1-10(8-11(2)13)9-12-6-4-3-5-7-12/h3-7,9,11H,8,13H2,1-2H3/b10-9+/t11-/m0/s1. The molecule has 0 radical (unpaired) electrons. The lowest BCUT2D eigenvalue weighted by molar-refractivity contribution is 0.734. The first-order valence-corrected chi connectivity index (χ1v) is 4.66. The van der Waals surface area contributed by atoms with Crippen molar-refractivity contribution in [3.8, 4) is 0 Å². The summed E-state index contributed by atoms with van der Waals surface area (Å²) in [6, 6.07) is 10.6. The fraction of sp³-hybridized carbons (Fsp3) is 0.333. The molecule has 0 aromatic heterocycles. The van der Waals surface area contributed by atoms with Gasteiger partial charge in [0.05, 0.1) is 0 Å². The Kier molecular flexibility index (Phi) is 3.71. The van der Waals surface area contributed by atoms with Gasteiger partial charge in [-0.2, -0.15) is 0 Å². The molecule has 1 aromatic rings. The lowest BCUT2D eigenvalue weighted by Gasteiger charge is -2.04. The maximum Gasteiger partial charge on any atom is 0.00476 e. The fourth-order valence-corrected chi connectivity index (χ4v) is 1.40. The zero-order valence-corrected chi connectivity index (χ0v) is 8.33. The van der Waals surface area contributed by atoms with Crippen LogP contribution in [0.15, 0.2) is 35.9 Å². The minimum absolute atomic E-state index is 0.250. The zero-order chi connectivity index (χ0) is 9.68. The van der Waals surface area contributed by atoms with E-state index in [2.05, 4.69) is 25.1 Å². The van der Waals surface area contributed by atoms with Crippen molar-refractivity contribution in [1.29, 1.82) is 0 Å². The molecule has 0 aliphatic heterocycles. The van der Waals surface area contributed by atoms with Crippen molar-refractivity contribution in [3.63, 3.8) is 0 Å². The van der Waals surface area contributed by atoms with Gasteiger partial charge in [-0.15, -0.1) is 0 Å². The second-order valence-corrected chi connectivity index (χ2v) is 3.58. The second kappa shape index (κ2) is 4.83. The topological polar surface area (TPSA) is 26.0 Å². The van der Waals surface area contributed by atoms with E-state index in [0.29, 0.717) is 0 Å². The van der Waals surface area contributed by atoms with Crippen LogP contribution in [-0.4, -0.2) is 6.04 Å². The Morgan fingerprint density at radius 1 is 1.38 bits per heavy atom. The summed E-state index contributed by atoms with van der Waals surface area (Å²) in [4.78, 5) is 0. The summed E-state index contributed by atoms with van der Waals surface area (Å²) in [5.74, 6) is 0. The van der Waals surface area contributed by atoms with E-state index >= 15 is 0 Å². The summed E-state index contributed by atoms with van der Waals surface area (Å²) in [7, 11) is 0. The average Bonchev–Trinajstić information content (AvgIpc) is 2.04. The molecule has 1 rings (SSSR count). The Hall–Kier alpha value is -1.08. The first-order valence-electron chi connectivity index (χ1n) is 4.66. The molecule has 0 spiro atoms. The van der Waals surface area contributed by atoms with E-state index in [9.17, 15) is 0 Å². The Morgan fingerprint density at radius 3 is 2.54 bits per heavy atom. The van der Waals surface area contributed by atoms with Crippen LogP contribution in [0.5, 0.6) is 0 Å². The monoisotopic (exact) mass is 175 g/mol. The van der Waals surface area contributed by atoms with Crippen LogP contribution in [0.2, 0.25) is 0 Å². The van der Waals surface area contributed by atoms with Gasteiger partial charge >= 0.3 is 0 Å². The minimum atomic E-state index is 0.250. The molecule has 0 aliphatic carbocycles. The van der Waals surface area contributed by atoms with Crippen LogP contribution in [0.4, 0.5) is 0 Å². The molecule has 0 aliphatic rings. The van der Waals surface area contributed by atoms with E-state index in [4.69, 9.17) is 5.73 Å². The van der Waals surface area contributed by atoms with Crippen LogP contribution in [-0.2, 0) is 0 Å². The van der Waals surface area contributed by atoms with Gasteiger partial charge in [-0.05, 0) is 25.8 Å². The zero-order valence-electron chi connectivity index (χ0n) is 8.33. The van der Waals surface area contributed by atoms with Crippen LogP contribution >= 0.6 is 0 Å². The molecule has 0 saturated heterocycles. The Morgan fingerprint density at radius 2 is 2.00 bits per heavy atom. The maximum atomic E-state index is 5.71. The number of nitrogens with two attached hydrogens (primary N) is 1. The van der Waals surface area contributed by atoms with Crippen LogP contribution < -0.4 is 5.73 Å². The van der Waals surface area contributed by atoms with Crippen molar-refractivity contribution in [1.82, 2.24) is 0 Å². The summed E-state index contributed by atoms with van der Waals surface area (Å²) in [5, 5.41) is 0. The molecule has 1 aromatic carbocycles. The van der Waals surface area contributed by atoms with Crippen molar-refractivity contribution in [3.05, 3.63) is 41.5 Å². The highest BCUT2D eigenvalue weighted by atomic mass is 14.6. The molecule has 70 valence electrons. The molecule has 0 bridgehead atoms. The van der Waals surface area contributed by atoms with E-state index in [0.717, 1.165) is 6.42 Å². The van der Waals surface area contributed by atoms with Crippen LogP contribution in [0.3, 0.4) is 0 Å². The highest BCUT2D eigenvalue weighted by Crippen LogP contribution is 2.09. The molecule has 0 fully saturated rings. The van der Waals surface area contributed by atoms with Crippen molar-refractivity contribution in [2.24, 2.45) is 5.73 Å². The molecule has 0 unspecified atom stereocenters. The Labute approximate surface area is 80.3 Å². The Balaban J connectivity index is 2.66. The number of rotatable bonds is 3.